The molecule has 1 unspecified atom stereocenters. The molecule has 1 aromatic rings. The van der Waals surface area contributed by atoms with E-state index in [4.69, 9.17) is 0 Å². The summed E-state index contributed by atoms with van der Waals surface area (Å²) in [5, 5.41) is 0. The number of halogens is 1. The first-order chi connectivity index (χ1) is 11.0. The first kappa shape index (κ1) is 15.5. The van der Waals surface area contributed by atoms with Gasteiger partial charge >= 0.3 is 0 Å². The lowest BCUT2D eigenvalue weighted by Crippen LogP contribution is -2.34. The molecule has 2 aliphatic heterocycles. The number of likely N-dealkylation sites (N-methyl/N-ethyl adjacent to an activating group) is 1. The van der Waals surface area contributed by atoms with E-state index in [2.05, 4.69) is 11.6 Å². The van der Waals surface area contributed by atoms with E-state index in [0.717, 1.165) is 16.8 Å². The van der Waals surface area contributed by atoms with Gasteiger partial charge in [-0.25, -0.2) is 4.39 Å². The molecule has 0 bridgehead atoms. The van der Waals surface area contributed by atoms with Crippen molar-refractivity contribution in [2.24, 2.45) is 4.99 Å². The van der Waals surface area contributed by atoms with Crippen LogP contribution in [0.1, 0.15) is 18.5 Å². The minimum absolute atomic E-state index is 0.0202. The fourth-order valence-corrected chi connectivity index (χ4v) is 3.28. The number of benzene rings is 1. The van der Waals surface area contributed by atoms with E-state index in [9.17, 15) is 9.18 Å². The third kappa shape index (κ3) is 2.56. The Morgan fingerprint density at radius 2 is 2.09 bits per heavy atom. The Balaban J connectivity index is 2.16. The number of rotatable bonds is 3. The third-order valence-corrected chi connectivity index (χ3v) is 4.37. The van der Waals surface area contributed by atoms with Crippen LogP contribution < -0.4 is 0 Å². The van der Waals surface area contributed by atoms with Crippen molar-refractivity contribution < 1.29 is 9.18 Å². The smallest absolute Gasteiger partial charge is 0.271 e. The molecule has 1 aromatic carbocycles. The molecule has 0 radical (unpaired) electrons. The van der Waals surface area contributed by atoms with Gasteiger partial charge in [-0.1, -0.05) is 18.2 Å². The topological polar surface area (TPSA) is 35.9 Å². The van der Waals surface area contributed by atoms with E-state index in [1.807, 2.05) is 18.9 Å². The van der Waals surface area contributed by atoms with Crippen LogP contribution >= 0.6 is 0 Å². The van der Waals surface area contributed by atoms with E-state index >= 15 is 0 Å². The lowest BCUT2D eigenvalue weighted by atomic mass is 9.95. The van der Waals surface area contributed by atoms with Gasteiger partial charge in [-0.05, 0) is 24.6 Å². The standard InChI is InChI=1S/C18H20FN3O/c1-4-10-22-16(13-5-7-14(19)8-6-13)15-12(2)20-9-11-21(3)17(15)18(22)23/h4-8,16H,1,9-11H2,2-3H3. The average Bonchev–Trinajstić information content (AvgIpc) is 2.72. The maximum absolute atomic E-state index is 13.3. The molecule has 2 aliphatic rings. The zero-order valence-corrected chi connectivity index (χ0v) is 13.4. The van der Waals surface area contributed by atoms with Crippen LogP contribution in [0.5, 0.6) is 0 Å². The highest BCUT2D eigenvalue weighted by Crippen LogP contribution is 2.40. The van der Waals surface area contributed by atoms with E-state index in [1.165, 1.54) is 12.1 Å². The summed E-state index contributed by atoms with van der Waals surface area (Å²) in [6.45, 7) is 7.51. The van der Waals surface area contributed by atoms with Crippen molar-refractivity contribution in [2.75, 3.05) is 26.7 Å². The largest absolute Gasteiger partial charge is 0.368 e. The summed E-state index contributed by atoms with van der Waals surface area (Å²) < 4.78 is 13.3. The first-order valence-corrected chi connectivity index (χ1v) is 7.68. The van der Waals surface area contributed by atoms with Gasteiger partial charge in [0, 0.05) is 31.4 Å². The first-order valence-electron chi connectivity index (χ1n) is 7.68. The summed E-state index contributed by atoms with van der Waals surface area (Å²) in [4.78, 5) is 21.3. The van der Waals surface area contributed by atoms with Gasteiger partial charge in [-0.15, -0.1) is 6.58 Å². The second-order valence-electron chi connectivity index (χ2n) is 5.85. The van der Waals surface area contributed by atoms with Gasteiger partial charge in [0.15, 0.2) is 0 Å². The molecule has 0 saturated carbocycles. The SMILES string of the molecule is C=CCN1C(=O)C2=C(C(C)=NCCN2C)C1c1ccc(F)cc1. The number of nitrogens with zero attached hydrogens (tertiary/aromatic N) is 3. The van der Waals surface area contributed by atoms with Crippen molar-refractivity contribution in [1.29, 1.82) is 0 Å². The van der Waals surface area contributed by atoms with Crippen LogP contribution in [0.25, 0.3) is 0 Å². The Bertz CT molecular complexity index is 705. The Morgan fingerprint density at radius 1 is 1.39 bits per heavy atom. The summed E-state index contributed by atoms with van der Waals surface area (Å²) in [7, 11) is 1.92. The summed E-state index contributed by atoms with van der Waals surface area (Å²) in [6, 6.07) is 6.07. The second-order valence-corrected chi connectivity index (χ2v) is 5.85. The number of hydrogen-bond donors (Lipinski definition) is 0. The molecule has 0 N–H and O–H groups in total. The van der Waals surface area contributed by atoms with Gasteiger partial charge in [-0.2, -0.15) is 0 Å². The van der Waals surface area contributed by atoms with Crippen molar-refractivity contribution >= 4 is 11.6 Å². The number of carbonyl (C=O) groups is 1. The molecule has 0 aromatic heterocycles. The van der Waals surface area contributed by atoms with Crippen LogP contribution in [0.15, 0.2) is 53.2 Å². The average molecular weight is 313 g/mol. The second kappa shape index (κ2) is 5.99. The van der Waals surface area contributed by atoms with Crippen molar-refractivity contribution in [1.82, 2.24) is 9.80 Å². The van der Waals surface area contributed by atoms with Crippen molar-refractivity contribution in [3.8, 4) is 0 Å². The predicted octanol–water partition coefficient (Wildman–Crippen LogP) is 2.56. The van der Waals surface area contributed by atoms with Gasteiger partial charge in [0.1, 0.15) is 11.5 Å². The Labute approximate surface area is 135 Å². The fraction of sp³-hybridized carbons (Fsp3) is 0.333. The molecule has 0 aliphatic carbocycles. The van der Waals surface area contributed by atoms with Crippen LogP contribution in [0.3, 0.4) is 0 Å². The molecule has 23 heavy (non-hydrogen) atoms. The van der Waals surface area contributed by atoms with Gasteiger partial charge < -0.3 is 9.80 Å². The molecule has 120 valence electrons. The molecular weight excluding hydrogens is 293 g/mol. The Morgan fingerprint density at radius 3 is 2.74 bits per heavy atom. The number of amides is 1. The van der Waals surface area contributed by atoms with Crippen molar-refractivity contribution in [3.05, 3.63) is 59.6 Å². The van der Waals surface area contributed by atoms with Gasteiger partial charge in [0.25, 0.3) is 5.91 Å². The molecule has 3 rings (SSSR count). The quantitative estimate of drug-likeness (QED) is 0.804. The van der Waals surface area contributed by atoms with Crippen molar-refractivity contribution in [3.63, 3.8) is 0 Å². The number of hydrogen-bond acceptors (Lipinski definition) is 3. The van der Waals surface area contributed by atoms with Gasteiger partial charge in [0.05, 0.1) is 12.6 Å². The van der Waals surface area contributed by atoms with Crippen LogP contribution in [-0.4, -0.2) is 48.1 Å². The zero-order chi connectivity index (χ0) is 16.6. The van der Waals surface area contributed by atoms with Crippen molar-refractivity contribution in [2.45, 2.75) is 13.0 Å². The van der Waals surface area contributed by atoms with E-state index in [0.29, 0.717) is 25.3 Å². The predicted molar refractivity (Wildman–Crippen MR) is 88.7 cm³/mol. The highest BCUT2D eigenvalue weighted by molar-refractivity contribution is 6.11. The minimum atomic E-state index is -0.286. The summed E-state index contributed by atoms with van der Waals surface area (Å²) in [6.07, 6.45) is 1.72. The fourth-order valence-electron chi connectivity index (χ4n) is 3.28. The Kier molecular flexibility index (Phi) is 4.03. The molecule has 0 spiro atoms. The normalized spacial score (nSPS) is 21.3. The molecule has 5 heteroatoms. The van der Waals surface area contributed by atoms with E-state index < -0.39 is 0 Å². The highest BCUT2D eigenvalue weighted by Gasteiger charge is 2.42. The lowest BCUT2D eigenvalue weighted by molar-refractivity contribution is -0.127. The maximum Gasteiger partial charge on any atom is 0.271 e. The molecule has 4 nitrogen and oxygen atoms in total. The van der Waals surface area contributed by atoms with Gasteiger partial charge in [0.2, 0.25) is 0 Å². The van der Waals surface area contributed by atoms with Crippen LogP contribution in [-0.2, 0) is 4.79 Å². The van der Waals surface area contributed by atoms with Gasteiger partial charge in [-0.3, -0.25) is 9.79 Å². The van der Waals surface area contributed by atoms with Crippen LogP contribution in [0.2, 0.25) is 0 Å². The number of aliphatic imine (C=N–C) groups is 1. The summed E-state index contributed by atoms with van der Waals surface area (Å²) in [5.41, 5.74) is 3.37. The van der Waals surface area contributed by atoms with Crippen LogP contribution in [0, 0.1) is 5.82 Å². The summed E-state index contributed by atoms with van der Waals surface area (Å²) in [5.74, 6) is -0.306. The maximum atomic E-state index is 13.3. The highest BCUT2D eigenvalue weighted by atomic mass is 19.1. The summed E-state index contributed by atoms with van der Waals surface area (Å²) >= 11 is 0. The number of carbonyl (C=O) groups excluding carboxylic acids is 1. The monoisotopic (exact) mass is 313 g/mol. The third-order valence-electron chi connectivity index (χ3n) is 4.37. The molecule has 0 saturated heterocycles. The Hall–Kier alpha value is -2.43. The molecule has 1 amide bonds. The molecule has 0 fully saturated rings. The minimum Gasteiger partial charge on any atom is -0.368 e. The van der Waals surface area contributed by atoms with Crippen LogP contribution in [0.4, 0.5) is 4.39 Å². The van der Waals surface area contributed by atoms with E-state index in [-0.39, 0.29) is 17.8 Å². The molecular formula is C18H20FN3O. The molecule has 2 heterocycles. The molecule has 1 atom stereocenters. The zero-order valence-electron chi connectivity index (χ0n) is 13.4. The van der Waals surface area contributed by atoms with E-state index in [1.54, 1.807) is 23.1 Å². The lowest BCUT2D eigenvalue weighted by Gasteiger charge is -2.26.